The van der Waals surface area contributed by atoms with Gasteiger partial charge in [-0.15, -0.1) is 0 Å². The molecule has 2 amide bonds. The van der Waals surface area contributed by atoms with E-state index < -0.39 is 23.7 Å². The zero-order chi connectivity index (χ0) is 15.6. The van der Waals surface area contributed by atoms with E-state index in [2.05, 4.69) is 0 Å². The zero-order valence-electron chi connectivity index (χ0n) is 11.5. The lowest BCUT2D eigenvalue weighted by molar-refractivity contribution is -0.203. The zero-order valence-corrected chi connectivity index (χ0v) is 11.5. The van der Waals surface area contributed by atoms with E-state index >= 15 is 0 Å². The van der Waals surface area contributed by atoms with E-state index in [4.69, 9.17) is 5.11 Å². The highest BCUT2D eigenvalue weighted by Gasteiger charge is 2.58. The highest BCUT2D eigenvalue weighted by molar-refractivity contribution is 5.86. The number of hydrogen-bond acceptors (Lipinski definition) is 2. The summed E-state index contributed by atoms with van der Waals surface area (Å²) in [7, 11) is 1.37. The fourth-order valence-electron chi connectivity index (χ4n) is 2.22. The van der Waals surface area contributed by atoms with Gasteiger partial charge in [0.2, 0.25) is 5.54 Å². The maximum atomic E-state index is 12.8. The highest BCUT2D eigenvalue weighted by atomic mass is 19.4. The molecule has 2 N–H and O–H groups in total. The molecule has 0 heterocycles. The Morgan fingerprint density at radius 2 is 1.80 bits per heavy atom. The second-order valence-electron chi connectivity index (χ2n) is 5.39. The average molecular weight is 296 g/mol. The molecule has 116 valence electrons. The third-order valence-electron chi connectivity index (χ3n) is 3.71. The molecule has 1 aliphatic carbocycles. The van der Waals surface area contributed by atoms with Gasteiger partial charge in [0.1, 0.15) is 0 Å². The molecule has 1 saturated carbocycles. The Hall–Kier alpha value is -1.47. The van der Waals surface area contributed by atoms with Gasteiger partial charge < -0.3 is 15.3 Å². The van der Waals surface area contributed by atoms with Gasteiger partial charge in [-0.2, -0.15) is 13.2 Å². The quantitative estimate of drug-likeness (QED) is 0.835. The molecule has 8 heteroatoms. The number of rotatable bonds is 4. The van der Waals surface area contributed by atoms with Crippen LogP contribution in [0.15, 0.2) is 0 Å². The van der Waals surface area contributed by atoms with Crippen LogP contribution in [0.5, 0.6) is 0 Å². The highest BCUT2D eigenvalue weighted by Crippen LogP contribution is 2.31. The van der Waals surface area contributed by atoms with E-state index in [9.17, 15) is 22.8 Å². The summed E-state index contributed by atoms with van der Waals surface area (Å²) in [6, 6.07) is -1.03. The van der Waals surface area contributed by atoms with E-state index in [1.54, 1.807) is 5.32 Å². The minimum absolute atomic E-state index is 0.271. The fraction of sp³-hybridized carbons (Fsp3) is 0.833. The standard InChI is InChI=1S/C12H19F3N2O3/c1-11(9(18)19,12(13,14)15)16-10(20)17(2)7-8-5-3-4-6-8/h8H,3-7H2,1-2H3,(H,16,20)(H,18,19). The minimum Gasteiger partial charge on any atom is -0.479 e. The molecule has 1 atom stereocenters. The van der Waals surface area contributed by atoms with Gasteiger partial charge in [-0.25, -0.2) is 9.59 Å². The third kappa shape index (κ3) is 3.55. The maximum Gasteiger partial charge on any atom is 0.422 e. The van der Waals surface area contributed by atoms with Gasteiger partial charge in [0.05, 0.1) is 0 Å². The van der Waals surface area contributed by atoms with Crippen LogP contribution in [0.2, 0.25) is 0 Å². The Morgan fingerprint density at radius 3 is 2.20 bits per heavy atom. The van der Waals surface area contributed by atoms with Crippen LogP contribution in [0.1, 0.15) is 32.6 Å². The third-order valence-corrected chi connectivity index (χ3v) is 3.71. The SMILES string of the molecule is CN(CC1CCCC1)C(=O)NC(C)(C(=O)O)C(F)(F)F. The van der Waals surface area contributed by atoms with Crippen LogP contribution in [-0.2, 0) is 4.79 Å². The molecule has 0 radical (unpaired) electrons. The van der Waals surface area contributed by atoms with E-state index in [1.165, 1.54) is 7.05 Å². The first-order valence-corrected chi connectivity index (χ1v) is 6.41. The van der Waals surface area contributed by atoms with Crippen molar-refractivity contribution in [1.82, 2.24) is 10.2 Å². The molecule has 0 saturated heterocycles. The summed E-state index contributed by atoms with van der Waals surface area (Å²) in [5.74, 6) is -1.86. The minimum atomic E-state index is -5.07. The van der Waals surface area contributed by atoms with E-state index in [1.807, 2.05) is 0 Å². The van der Waals surface area contributed by atoms with Crippen LogP contribution >= 0.6 is 0 Å². The second-order valence-corrected chi connectivity index (χ2v) is 5.39. The van der Waals surface area contributed by atoms with Crippen molar-refractivity contribution in [3.63, 3.8) is 0 Å². The van der Waals surface area contributed by atoms with E-state index in [0.717, 1.165) is 30.6 Å². The number of alkyl halides is 3. The van der Waals surface area contributed by atoms with Gasteiger partial charge in [-0.3, -0.25) is 0 Å². The summed E-state index contributed by atoms with van der Waals surface area (Å²) in [6.45, 7) is 0.774. The molecule has 20 heavy (non-hydrogen) atoms. The molecule has 0 aromatic carbocycles. The number of carbonyl (C=O) groups is 2. The summed E-state index contributed by atoms with van der Waals surface area (Å²) in [5.41, 5.74) is -3.28. The molecule has 0 bridgehead atoms. The number of halogens is 3. The van der Waals surface area contributed by atoms with Crippen LogP contribution in [0.4, 0.5) is 18.0 Å². The van der Waals surface area contributed by atoms with Gasteiger partial charge >= 0.3 is 18.2 Å². The largest absolute Gasteiger partial charge is 0.479 e. The molecule has 5 nitrogen and oxygen atoms in total. The van der Waals surface area contributed by atoms with Gasteiger partial charge in [0.25, 0.3) is 0 Å². The predicted molar refractivity (Wildman–Crippen MR) is 65.2 cm³/mol. The molecule has 0 aromatic heterocycles. The lowest BCUT2D eigenvalue weighted by Gasteiger charge is -2.31. The van der Waals surface area contributed by atoms with Crippen molar-refractivity contribution in [2.75, 3.05) is 13.6 Å². The molecule has 1 unspecified atom stereocenters. The lowest BCUT2D eigenvalue weighted by atomic mass is 10.0. The van der Waals surface area contributed by atoms with Gasteiger partial charge in [0.15, 0.2) is 0 Å². The normalized spacial score (nSPS) is 19.4. The number of nitrogens with one attached hydrogen (secondary N) is 1. The molecule has 1 aliphatic rings. The van der Waals surface area contributed by atoms with Crippen molar-refractivity contribution in [2.45, 2.75) is 44.3 Å². The van der Waals surface area contributed by atoms with Crippen molar-refractivity contribution in [2.24, 2.45) is 5.92 Å². The maximum absolute atomic E-state index is 12.8. The first-order valence-electron chi connectivity index (χ1n) is 6.41. The van der Waals surface area contributed by atoms with Crippen molar-refractivity contribution in [1.29, 1.82) is 0 Å². The fourth-order valence-corrected chi connectivity index (χ4v) is 2.22. The molecule has 0 aromatic rings. The van der Waals surface area contributed by atoms with Crippen molar-refractivity contribution in [3.8, 4) is 0 Å². The molecular formula is C12H19F3N2O3. The van der Waals surface area contributed by atoms with Gasteiger partial charge in [-0.1, -0.05) is 12.8 Å². The van der Waals surface area contributed by atoms with Crippen LogP contribution in [0.25, 0.3) is 0 Å². The smallest absolute Gasteiger partial charge is 0.422 e. The molecule has 1 fully saturated rings. The second kappa shape index (κ2) is 5.88. The van der Waals surface area contributed by atoms with Gasteiger partial charge in [-0.05, 0) is 25.7 Å². The van der Waals surface area contributed by atoms with Crippen LogP contribution in [-0.4, -0.2) is 47.3 Å². The Labute approximate surface area is 115 Å². The lowest BCUT2D eigenvalue weighted by Crippen LogP contribution is -2.63. The van der Waals surface area contributed by atoms with Crippen LogP contribution < -0.4 is 5.32 Å². The number of carboxylic acids is 1. The number of carboxylic acid groups (broad SMARTS) is 1. The summed E-state index contributed by atoms with van der Waals surface area (Å²) in [5, 5.41) is 10.3. The van der Waals surface area contributed by atoms with E-state index in [0.29, 0.717) is 13.5 Å². The Morgan fingerprint density at radius 1 is 1.30 bits per heavy atom. The predicted octanol–water partition coefficient (Wildman–Crippen LogP) is 2.22. The van der Waals surface area contributed by atoms with Gasteiger partial charge in [0, 0.05) is 13.6 Å². The summed E-state index contributed by atoms with van der Waals surface area (Å²) in [4.78, 5) is 23.7. The Balaban J connectivity index is 2.68. The number of urea groups is 1. The van der Waals surface area contributed by atoms with E-state index in [-0.39, 0.29) is 5.92 Å². The average Bonchev–Trinajstić information content (AvgIpc) is 2.79. The molecule has 1 rings (SSSR count). The Bertz CT molecular complexity index is 381. The number of nitrogens with zero attached hydrogens (tertiary/aromatic N) is 1. The van der Waals surface area contributed by atoms with Crippen LogP contribution in [0, 0.1) is 5.92 Å². The summed E-state index contributed by atoms with van der Waals surface area (Å²) in [6.07, 6.45) is -1.09. The molecular weight excluding hydrogens is 277 g/mol. The molecule has 0 spiro atoms. The topological polar surface area (TPSA) is 69.6 Å². The summed E-state index contributed by atoms with van der Waals surface area (Å²) < 4.78 is 38.3. The van der Waals surface area contributed by atoms with Crippen molar-refractivity contribution < 1.29 is 27.9 Å². The first-order chi connectivity index (χ1) is 9.08. The monoisotopic (exact) mass is 296 g/mol. The number of carbonyl (C=O) groups excluding carboxylic acids is 1. The number of amides is 2. The molecule has 0 aliphatic heterocycles. The van der Waals surface area contributed by atoms with Crippen molar-refractivity contribution in [3.05, 3.63) is 0 Å². The van der Waals surface area contributed by atoms with Crippen molar-refractivity contribution >= 4 is 12.0 Å². The summed E-state index contributed by atoms with van der Waals surface area (Å²) >= 11 is 0. The van der Waals surface area contributed by atoms with Crippen LogP contribution in [0.3, 0.4) is 0 Å². The number of hydrogen-bond donors (Lipinski definition) is 2. The first kappa shape index (κ1) is 16.6. The Kier molecular flexibility index (Phi) is 4.88. The number of aliphatic carboxylic acids is 1.